The summed E-state index contributed by atoms with van der Waals surface area (Å²) in [5.74, 6) is -0.214. The van der Waals surface area contributed by atoms with Crippen LogP contribution in [-0.2, 0) is 11.3 Å². The summed E-state index contributed by atoms with van der Waals surface area (Å²) >= 11 is 0. The molecule has 6 heteroatoms. The molecule has 1 aliphatic heterocycles. The molecule has 2 heterocycles. The highest BCUT2D eigenvalue weighted by atomic mass is 16.5. The van der Waals surface area contributed by atoms with Crippen LogP contribution >= 0.6 is 0 Å². The minimum absolute atomic E-state index is 0.0112. The highest BCUT2D eigenvalue weighted by molar-refractivity contribution is 5.68. The van der Waals surface area contributed by atoms with Crippen LogP contribution in [0.3, 0.4) is 0 Å². The van der Waals surface area contributed by atoms with Crippen LogP contribution in [0.25, 0.3) is 0 Å². The van der Waals surface area contributed by atoms with Crippen molar-refractivity contribution in [2.24, 2.45) is 0 Å². The summed E-state index contributed by atoms with van der Waals surface area (Å²) < 4.78 is 7.45. The van der Waals surface area contributed by atoms with Crippen molar-refractivity contribution in [3.05, 3.63) is 12.4 Å². The van der Waals surface area contributed by atoms with E-state index in [-0.39, 0.29) is 6.42 Å². The van der Waals surface area contributed by atoms with E-state index >= 15 is 0 Å². The van der Waals surface area contributed by atoms with Gasteiger partial charge in [0.2, 0.25) is 0 Å². The zero-order valence-corrected chi connectivity index (χ0v) is 9.14. The van der Waals surface area contributed by atoms with E-state index < -0.39 is 11.6 Å². The van der Waals surface area contributed by atoms with Gasteiger partial charge < -0.3 is 15.2 Å². The molecule has 2 N–H and O–H groups in total. The monoisotopic (exact) mass is 225 g/mol. The Kier molecular flexibility index (Phi) is 2.82. The molecule has 0 bridgehead atoms. The average Bonchev–Trinajstić information content (AvgIpc) is 2.61. The van der Waals surface area contributed by atoms with Crippen molar-refractivity contribution in [3.63, 3.8) is 0 Å². The molecule has 88 valence electrons. The van der Waals surface area contributed by atoms with Gasteiger partial charge in [0.25, 0.3) is 0 Å². The van der Waals surface area contributed by atoms with E-state index in [4.69, 9.17) is 9.84 Å². The summed E-state index contributed by atoms with van der Waals surface area (Å²) in [4.78, 5) is 10.7. The van der Waals surface area contributed by atoms with Crippen molar-refractivity contribution >= 4 is 5.97 Å². The van der Waals surface area contributed by atoms with Crippen molar-refractivity contribution in [2.45, 2.75) is 25.5 Å². The van der Waals surface area contributed by atoms with Crippen molar-refractivity contribution in [3.8, 4) is 5.75 Å². The molecule has 1 fully saturated rings. The molecular weight excluding hydrogens is 210 g/mol. The first-order chi connectivity index (χ1) is 7.63. The molecule has 0 saturated carbocycles. The predicted octanol–water partition coefficient (Wildman–Crippen LogP) is 0.0985. The minimum atomic E-state index is -0.843. The molecule has 0 radical (unpaired) electrons. The summed E-state index contributed by atoms with van der Waals surface area (Å²) in [7, 11) is 0. The van der Waals surface area contributed by atoms with Crippen LogP contribution in [-0.4, -0.2) is 39.5 Å². The van der Waals surface area contributed by atoms with Gasteiger partial charge in [-0.25, -0.2) is 0 Å². The number of nitrogens with one attached hydrogen (secondary N) is 1. The first-order valence-electron chi connectivity index (χ1n) is 5.27. The number of carboxylic acids is 1. The Bertz CT molecular complexity index is 384. The molecule has 0 aliphatic carbocycles. The SMILES string of the molecule is CCn1cc(OC2(CC(=O)O)CNC2)cn1. The van der Waals surface area contributed by atoms with E-state index in [1.165, 1.54) is 0 Å². The Labute approximate surface area is 93.2 Å². The van der Waals surface area contributed by atoms with E-state index in [1.807, 2.05) is 6.92 Å². The van der Waals surface area contributed by atoms with Crippen LogP contribution in [0.2, 0.25) is 0 Å². The molecular formula is C10H15N3O3. The molecule has 1 aliphatic rings. The Morgan fingerprint density at radius 1 is 1.75 bits per heavy atom. The van der Waals surface area contributed by atoms with E-state index in [0.29, 0.717) is 18.8 Å². The molecule has 0 atom stereocenters. The highest BCUT2D eigenvalue weighted by Gasteiger charge is 2.41. The van der Waals surface area contributed by atoms with Crippen molar-refractivity contribution in [2.75, 3.05) is 13.1 Å². The number of aryl methyl sites for hydroxylation is 1. The number of carbonyl (C=O) groups is 1. The molecule has 0 unspecified atom stereocenters. The van der Waals surface area contributed by atoms with Crippen LogP contribution < -0.4 is 10.1 Å². The third-order valence-corrected chi connectivity index (χ3v) is 2.64. The van der Waals surface area contributed by atoms with Crippen LogP contribution in [0.1, 0.15) is 13.3 Å². The third kappa shape index (κ3) is 2.16. The van der Waals surface area contributed by atoms with E-state index in [9.17, 15) is 4.79 Å². The normalized spacial score (nSPS) is 17.8. The third-order valence-electron chi connectivity index (χ3n) is 2.64. The van der Waals surface area contributed by atoms with Gasteiger partial charge in [0.1, 0.15) is 5.60 Å². The number of aliphatic carboxylic acids is 1. The largest absolute Gasteiger partial charge is 0.481 e. The molecule has 6 nitrogen and oxygen atoms in total. The first-order valence-corrected chi connectivity index (χ1v) is 5.27. The maximum absolute atomic E-state index is 10.7. The summed E-state index contributed by atoms with van der Waals surface area (Å²) in [5.41, 5.74) is -0.604. The highest BCUT2D eigenvalue weighted by Crippen LogP contribution is 2.24. The number of ether oxygens (including phenoxy) is 1. The first kappa shape index (κ1) is 10.9. The lowest BCUT2D eigenvalue weighted by atomic mass is 9.93. The smallest absolute Gasteiger partial charge is 0.307 e. The van der Waals surface area contributed by atoms with Gasteiger partial charge >= 0.3 is 5.97 Å². The number of aromatic nitrogens is 2. The fourth-order valence-corrected chi connectivity index (χ4v) is 1.73. The number of carboxylic acid groups (broad SMARTS) is 1. The molecule has 1 aromatic heterocycles. The van der Waals surface area contributed by atoms with Gasteiger partial charge in [-0.1, -0.05) is 0 Å². The van der Waals surface area contributed by atoms with Crippen molar-refractivity contribution in [1.82, 2.24) is 15.1 Å². The summed E-state index contributed by atoms with van der Waals surface area (Å²) in [6.45, 7) is 3.88. The van der Waals surface area contributed by atoms with Gasteiger partial charge in [0.05, 0.1) is 18.8 Å². The van der Waals surface area contributed by atoms with Crippen LogP contribution in [0.5, 0.6) is 5.75 Å². The predicted molar refractivity (Wildman–Crippen MR) is 56.4 cm³/mol. The molecule has 1 aromatic rings. The molecule has 0 aromatic carbocycles. The van der Waals surface area contributed by atoms with E-state index in [1.54, 1.807) is 17.1 Å². The van der Waals surface area contributed by atoms with E-state index in [2.05, 4.69) is 10.4 Å². The minimum Gasteiger partial charge on any atom is -0.481 e. The Morgan fingerprint density at radius 3 is 2.94 bits per heavy atom. The van der Waals surface area contributed by atoms with Gasteiger partial charge in [-0.3, -0.25) is 9.48 Å². The fourth-order valence-electron chi connectivity index (χ4n) is 1.73. The fraction of sp³-hybridized carbons (Fsp3) is 0.600. The van der Waals surface area contributed by atoms with Gasteiger partial charge in [-0.15, -0.1) is 0 Å². The number of hydrogen-bond acceptors (Lipinski definition) is 4. The zero-order chi connectivity index (χ0) is 11.6. The molecule has 1 saturated heterocycles. The van der Waals surface area contributed by atoms with Gasteiger partial charge in [-0.05, 0) is 6.92 Å². The van der Waals surface area contributed by atoms with Crippen molar-refractivity contribution in [1.29, 1.82) is 0 Å². The van der Waals surface area contributed by atoms with Crippen LogP contribution in [0.15, 0.2) is 12.4 Å². The van der Waals surface area contributed by atoms with Gasteiger partial charge in [0.15, 0.2) is 5.75 Å². The lowest BCUT2D eigenvalue weighted by molar-refractivity contribution is -0.143. The van der Waals surface area contributed by atoms with Crippen LogP contribution in [0, 0.1) is 0 Å². The number of rotatable bonds is 5. The molecule has 0 spiro atoms. The van der Waals surface area contributed by atoms with Crippen molar-refractivity contribution < 1.29 is 14.6 Å². The average molecular weight is 225 g/mol. The lowest BCUT2D eigenvalue weighted by Gasteiger charge is -2.41. The van der Waals surface area contributed by atoms with E-state index in [0.717, 1.165) is 6.54 Å². The summed E-state index contributed by atoms with van der Waals surface area (Å²) in [5, 5.41) is 15.9. The standard InChI is InChI=1S/C10H15N3O3/c1-2-13-5-8(4-12-13)16-10(3-9(14)15)6-11-7-10/h4-5,11H,2-3,6-7H2,1H3,(H,14,15). The zero-order valence-electron chi connectivity index (χ0n) is 9.14. The van der Waals surface area contributed by atoms with Gasteiger partial charge in [0, 0.05) is 19.6 Å². The second kappa shape index (κ2) is 4.13. The second-order valence-electron chi connectivity index (χ2n) is 3.99. The lowest BCUT2D eigenvalue weighted by Crippen LogP contribution is -2.63. The quantitative estimate of drug-likeness (QED) is 0.743. The topological polar surface area (TPSA) is 76.4 Å². The maximum atomic E-state index is 10.7. The maximum Gasteiger partial charge on any atom is 0.307 e. The Hall–Kier alpha value is -1.56. The Morgan fingerprint density at radius 2 is 2.50 bits per heavy atom. The second-order valence-corrected chi connectivity index (χ2v) is 3.99. The van der Waals surface area contributed by atoms with Gasteiger partial charge in [-0.2, -0.15) is 5.10 Å². The number of hydrogen-bond donors (Lipinski definition) is 2. The molecule has 0 amide bonds. The summed E-state index contributed by atoms with van der Waals surface area (Å²) in [6.07, 6.45) is 3.41. The van der Waals surface area contributed by atoms with Crippen LogP contribution in [0.4, 0.5) is 0 Å². The molecule has 2 rings (SSSR count). The molecule has 16 heavy (non-hydrogen) atoms. The Balaban J connectivity index is 2.03. The number of nitrogens with zero attached hydrogens (tertiary/aromatic N) is 2. The summed E-state index contributed by atoms with van der Waals surface area (Å²) in [6, 6.07) is 0.